The number of nitrogens with zero attached hydrogens (tertiary/aromatic N) is 2. The van der Waals surface area contributed by atoms with Crippen LogP contribution in [0.3, 0.4) is 0 Å². The number of nitrogens with one attached hydrogen (secondary N) is 2. The third-order valence-corrected chi connectivity index (χ3v) is 2.06. The topological polar surface area (TPSA) is 61.0 Å². The van der Waals surface area contributed by atoms with Gasteiger partial charge in [0, 0.05) is 6.54 Å². The number of hydrogen-bond donors (Lipinski definition) is 2. The van der Waals surface area contributed by atoms with Gasteiger partial charge in [-0.2, -0.15) is 0 Å². The smallest absolute Gasteiger partial charge is 0.269 e. The van der Waals surface area contributed by atoms with Crippen molar-refractivity contribution in [2.24, 2.45) is 0 Å². The number of unbranched alkanes of at least 4 members (excludes halogenated alkanes) is 1. The molecule has 0 unspecified atom stereocenters. The van der Waals surface area contributed by atoms with Crippen LogP contribution in [0.25, 0.3) is 0 Å². The van der Waals surface area contributed by atoms with Crippen molar-refractivity contribution in [1.82, 2.24) is 20.2 Å². The number of hydrogen-bond acceptors (Lipinski definition) is 3. The fourth-order valence-electron chi connectivity index (χ4n) is 1.23. The number of aromatic amines is 1. The molecule has 0 bridgehead atoms. The number of carbonyl (C=O) groups is 1. The fourth-order valence-corrected chi connectivity index (χ4v) is 1.23. The molecule has 0 aliphatic rings. The van der Waals surface area contributed by atoms with E-state index in [2.05, 4.69) is 20.2 Å². The van der Waals surface area contributed by atoms with Crippen molar-refractivity contribution in [3.8, 4) is 0 Å². The first-order valence-corrected chi connectivity index (χ1v) is 5.11. The summed E-state index contributed by atoms with van der Waals surface area (Å²) >= 11 is 0. The summed E-state index contributed by atoms with van der Waals surface area (Å²) in [6.45, 7) is 1.77. The van der Waals surface area contributed by atoms with Crippen LogP contribution < -0.4 is 5.32 Å². The lowest BCUT2D eigenvalue weighted by Crippen LogP contribution is -2.25. The average molecular weight is 210 g/mol. The summed E-state index contributed by atoms with van der Waals surface area (Å²) in [5.74, 6) is -0.0858. The number of H-pyrrole nitrogens is 1. The van der Waals surface area contributed by atoms with Gasteiger partial charge in [-0.1, -0.05) is 0 Å². The van der Waals surface area contributed by atoms with Gasteiger partial charge < -0.3 is 15.2 Å². The van der Waals surface area contributed by atoms with E-state index in [9.17, 15) is 4.79 Å². The Hall–Kier alpha value is -1.36. The highest BCUT2D eigenvalue weighted by molar-refractivity contribution is 5.91. The Morgan fingerprint density at radius 2 is 2.33 bits per heavy atom. The fraction of sp³-hybridized carbons (Fsp3) is 0.600. The van der Waals surface area contributed by atoms with Crippen molar-refractivity contribution < 1.29 is 4.79 Å². The highest BCUT2D eigenvalue weighted by Gasteiger charge is 2.04. The molecule has 1 aromatic rings. The van der Waals surface area contributed by atoms with Gasteiger partial charge in [0.25, 0.3) is 5.91 Å². The van der Waals surface area contributed by atoms with Crippen LogP contribution in [-0.4, -0.2) is 48.0 Å². The Morgan fingerprint density at radius 3 is 2.93 bits per heavy atom. The normalized spacial score (nSPS) is 10.6. The van der Waals surface area contributed by atoms with Crippen molar-refractivity contribution in [2.75, 3.05) is 27.2 Å². The monoisotopic (exact) mass is 210 g/mol. The first-order valence-electron chi connectivity index (χ1n) is 5.11. The molecule has 0 spiro atoms. The van der Waals surface area contributed by atoms with Gasteiger partial charge in [-0.15, -0.1) is 0 Å². The van der Waals surface area contributed by atoms with Crippen LogP contribution in [-0.2, 0) is 0 Å². The molecule has 0 saturated carbocycles. The van der Waals surface area contributed by atoms with Crippen LogP contribution in [0.4, 0.5) is 0 Å². The van der Waals surface area contributed by atoms with E-state index in [1.807, 2.05) is 14.1 Å². The van der Waals surface area contributed by atoms with E-state index in [0.29, 0.717) is 12.2 Å². The molecule has 0 aromatic carbocycles. The molecule has 2 N–H and O–H groups in total. The molecule has 0 saturated heterocycles. The zero-order valence-electron chi connectivity index (χ0n) is 9.29. The van der Waals surface area contributed by atoms with Crippen LogP contribution in [0.15, 0.2) is 12.5 Å². The number of amides is 1. The van der Waals surface area contributed by atoms with E-state index in [4.69, 9.17) is 0 Å². The van der Waals surface area contributed by atoms with Gasteiger partial charge in [0.2, 0.25) is 0 Å². The average Bonchev–Trinajstić information content (AvgIpc) is 2.69. The lowest BCUT2D eigenvalue weighted by Gasteiger charge is -2.08. The first kappa shape index (κ1) is 11.7. The molecule has 84 valence electrons. The number of rotatable bonds is 6. The van der Waals surface area contributed by atoms with E-state index in [0.717, 1.165) is 19.4 Å². The lowest BCUT2D eigenvalue weighted by molar-refractivity contribution is 0.0948. The minimum Gasteiger partial charge on any atom is -0.351 e. The number of imidazole rings is 1. The van der Waals surface area contributed by atoms with Crippen LogP contribution >= 0.6 is 0 Å². The second-order valence-electron chi connectivity index (χ2n) is 3.73. The summed E-state index contributed by atoms with van der Waals surface area (Å²) in [6, 6.07) is 0. The van der Waals surface area contributed by atoms with Gasteiger partial charge >= 0.3 is 0 Å². The molecule has 0 aliphatic carbocycles. The Balaban J connectivity index is 2.08. The molecule has 0 aliphatic heterocycles. The van der Waals surface area contributed by atoms with Crippen LogP contribution in [0, 0.1) is 0 Å². The van der Waals surface area contributed by atoms with E-state index in [1.54, 1.807) is 0 Å². The molecule has 5 nitrogen and oxygen atoms in total. The van der Waals surface area contributed by atoms with Crippen LogP contribution in [0.2, 0.25) is 0 Å². The van der Waals surface area contributed by atoms with Crippen molar-refractivity contribution in [1.29, 1.82) is 0 Å². The third-order valence-electron chi connectivity index (χ3n) is 2.06. The molecule has 0 atom stereocenters. The predicted molar refractivity (Wildman–Crippen MR) is 58.7 cm³/mol. The second kappa shape index (κ2) is 6.19. The summed E-state index contributed by atoms with van der Waals surface area (Å²) in [5.41, 5.74) is 0.516. The number of carbonyl (C=O) groups excluding carboxylic acids is 1. The molecule has 0 radical (unpaired) electrons. The van der Waals surface area contributed by atoms with E-state index in [-0.39, 0.29) is 5.91 Å². The summed E-state index contributed by atoms with van der Waals surface area (Å²) in [7, 11) is 4.09. The summed E-state index contributed by atoms with van der Waals surface area (Å²) in [5, 5.41) is 2.83. The lowest BCUT2D eigenvalue weighted by atomic mass is 10.3. The minimum absolute atomic E-state index is 0.0858. The third kappa shape index (κ3) is 4.60. The van der Waals surface area contributed by atoms with Crippen LogP contribution in [0.5, 0.6) is 0 Å². The predicted octanol–water partition coefficient (Wildman–Crippen LogP) is 0.481. The van der Waals surface area contributed by atoms with E-state index in [1.165, 1.54) is 12.5 Å². The van der Waals surface area contributed by atoms with Crippen molar-refractivity contribution in [2.45, 2.75) is 12.8 Å². The molecular weight excluding hydrogens is 192 g/mol. The van der Waals surface area contributed by atoms with E-state index >= 15 is 0 Å². The van der Waals surface area contributed by atoms with Crippen LogP contribution in [0.1, 0.15) is 23.3 Å². The van der Waals surface area contributed by atoms with Crippen molar-refractivity contribution in [3.63, 3.8) is 0 Å². The Kier molecular flexibility index (Phi) is 4.83. The molecule has 1 rings (SSSR count). The number of aromatic nitrogens is 2. The minimum atomic E-state index is -0.0858. The van der Waals surface area contributed by atoms with Crippen molar-refractivity contribution in [3.05, 3.63) is 18.2 Å². The zero-order valence-corrected chi connectivity index (χ0v) is 9.29. The molecule has 1 aromatic heterocycles. The van der Waals surface area contributed by atoms with Gasteiger partial charge in [-0.25, -0.2) is 4.98 Å². The maximum atomic E-state index is 11.4. The van der Waals surface area contributed by atoms with Gasteiger partial charge in [-0.05, 0) is 33.5 Å². The van der Waals surface area contributed by atoms with Gasteiger partial charge in [0.1, 0.15) is 5.69 Å². The summed E-state index contributed by atoms with van der Waals surface area (Å²) in [4.78, 5) is 20.1. The van der Waals surface area contributed by atoms with Crippen molar-refractivity contribution >= 4 is 5.91 Å². The zero-order chi connectivity index (χ0) is 11.1. The molecule has 1 amide bonds. The second-order valence-corrected chi connectivity index (χ2v) is 3.73. The van der Waals surface area contributed by atoms with E-state index < -0.39 is 0 Å². The highest BCUT2D eigenvalue weighted by atomic mass is 16.1. The standard InChI is InChI=1S/C10H18N4O/c1-14(2)6-4-3-5-12-10(15)9-7-11-8-13-9/h7-8H,3-6H2,1-2H3,(H,11,13)(H,12,15). The van der Waals surface area contributed by atoms with Gasteiger partial charge in [0.05, 0.1) is 12.5 Å². The Bertz CT molecular complexity index is 282. The Morgan fingerprint density at radius 1 is 1.53 bits per heavy atom. The molecular formula is C10H18N4O. The molecule has 5 heteroatoms. The highest BCUT2D eigenvalue weighted by Crippen LogP contribution is 1.92. The first-order chi connectivity index (χ1) is 7.20. The molecule has 1 heterocycles. The summed E-state index contributed by atoms with van der Waals surface area (Å²) in [6.07, 6.45) is 5.12. The molecule has 0 fully saturated rings. The maximum absolute atomic E-state index is 11.4. The van der Waals surface area contributed by atoms with Gasteiger partial charge in [-0.3, -0.25) is 4.79 Å². The Labute approximate surface area is 89.9 Å². The quantitative estimate of drug-likeness (QED) is 0.671. The summed E-state index contributed by atoms with van der Waals surface area (Å²) < 4.78 is 0. The SMILES string of the molecule is CN(C)CCCCNC(=O)c1cnc[nH]1. The van der Waals surface area contributed by atoms with Gasteiger partial charge in [0.15, 0.2) is 0 Å². The maximum Gasteiger partial charge on any atom is 0.269 e. The molecule has 15 heavy (non-hydrogen) atoms. The largest absolute Gasteiger partial charge is 0.351 e.